The highest BCUT2D eigenvalue weighted by Gasteiger charge is 2.23. The molecule has 26 heavy (non-hydrogen) atoms. The van der Waals surface area contributed by atoms with Crippen molar-refractivity contribution in [1.29, 1.82) is 0 Å². The molecular formula is C17H19NO8. The first-order chi connectivity index (χ1) is 12.3. The van der Waals surface area contributed by atoms with E-state index in [9.17, 15) is 14.7 Å². The van der Waals surface area contributed by atoms with Crippen LogP contribution in [0.15, 0.2) is 31.8 Å². The maximum absolute atomic E-state index is 12.2. The molecule has 140 valence electrons. The summed E-state index contributed by atoms with van der Waals surface area (Å²) in [4.78, 5) is 24.6. The van der Waals surface area contributed by atoms with Crippen LogP contribution >= 0.6 is 0 Å². The second-order valence-corrected chi connectivity index (χ2v) is 5.98. The van der Waals surface area contributed by atoms with Crippen LogP contribution in [0.25, 0.3) is 0 Å². The highest BCUT2D eigenvalue weighted by Crippen LogP contribution is 2.35. The van der Waals surface area contributed by atoms with Crippen molar-refractivity contribution in [2.75, 3.05) is 7.05 Å². The quantitative estimate of drug-likeness (QED) is 0.853. The lowest BCUT2D eigenvalue weighted by atomic mass is 10.1. The van der Waals surface area contributed by atoms with Gasteiger partial charge in [0.25, 0.3) is 0 Å². The van der Waals surface area contributed by atoms with Crippen LogP contribution in [0.3, 0.4) is 0 Å². The normalized spacial score (nSPS) is 16.4. The van der Waals surface area contributed by atoms with E-state index >= 15 is 0 Å². The maximum Gasteiger partial charge on any atom is 0.519 e. The minimum Gasteiger partial charge on any atom is -0.441 e. The number of hydrogen-bond acceptors (Lipinski definition) is 8. The molecule has 1 aromatic carbocycles. The highest BCUT2D eigenvalue weighted by molar-refractivity contribution is 5.67. The van der Waals surface area contributed by atoms with Crippen LogP contribution < -0.4 is 15.3 Å². The maximum atomic E-state index is 12.2. The van der Waals surface area contributed by atoms with E-state index in [1.807, 2.05) is 13.0 Å². The van der Waals surface area contributed by atoms with Crippen molar-refractivity contribution in [2.24, 2.45) is 0 Å². The molecule has 0 saturated carbocycles. The largest absolute Gasteiger partial charge is 0.519 e. The molecule has 0 spiro atoms. The number of fused-ring (bicyclic) bond motifs is 1. The number of hydrogen-bond donors (Lipinski definition) is 1. The summed E-state index contributed by atoms with van der Waals surface area (Å²) in [5.41, 5.74) is 0.908. The van der Waals surface area contributed by atoms with Crippen LogP contribution in [-0.4, -0.2) is 35.7 Å². The molecule has 0 saturated heterocycles. The van der Waals surface area contributed by atoms with Crippen molar-refractivity contribution in [3.63, 3.8) is 0 Å². The van der Waals surface area contributed by atoms with Gasteiger partial charge in [0.2, 0.25) is 0 Å². The second-order valence-electron chi connectivity index (χ2n) is 5.98. The number of rotatable bonds is 5. The first-order valence-electron chi connectivity index (χ1n) is 7.97. The smallest absolute Gasteiger partial charge is 0.441 e. The first kappa shape index (κ1) is 17.9. The molecule has 3 rings (SSSR count). The molecule has 0 radical (unpaired) electrons. The van der Waals surface area contributed by atoms with Gasteiger partial charge in [0.05, 0.1) is 0 Å². The lowest BCUT2D eigenvalue weighted by Gasteiger charge is -2.24. The summed E-state index contributed by atoms with van der Waals surface area (Å²) in [7, 11) is 1.61. The number of carbonyl (C=O) groups is 1. The number of aryl methyl sites for hydroxylation is 1. The molecule has 0 fully saturated rings. The average Bonchev–Trinajstić information content (AvgIpc) is 3.11. The Balaban J connectivity index is 1.56. The summed E-state index contributed by atoms with van der Waals surface area (Å²) in [6, 6.07) is 5.12. The van der Waals surface area contributed by atoms with Gasteiger partial charge in [0.15, 0.2) is 29.6 Å². The fourth-order valence-corrected chi connectivity index (χ4v) is 2.50. The van der Waals surface area contributed by atoms with Crippen LogP contribution in [0, 0.1) is 6.92 Å². The summed E-state index contributed by atoms with van der Waals surface area (Å²) >= 11 is 0. The van der Waals surface area contributed by atoms with E-state index in [1.54, 1.807) is 26.1 Å². The minimum atomic E-state index is -1.29. The lowest BCUT2D eigenvalue weighted by Crippen LogP contribution is -2.36. The third-order valence-electron chi connectivity index (χ3n) is 4.11. The Labute approximate surface area is 148 Å². The van der Waals surface area contributed by atoms with Crippen molar-refractivity contribution >= 4 is 6.09 Å². The number of likely N-dealkylation sites (N-methyl/N-ethyl adjacent to an activating group) is 1. The zero-order chi connectivity index (χ0) is 18.8. The fourth-order valence-electron chi connectivity index (χ4n) is 2.50. The number of ether oxygens (including phenoxy) is 3. The van der Waals surface area contributed by atoms with E-state index in [-0.39, 0.29) is 24.2 Å². The van der Waals surface area contributed by atoms with Gasteiger partial charge in [-0.25, -0.2) is 9.59 Å². The third kappa shape index (κ3) is 3.83. The molecular weight excluding hydrogens is 346 g/mol. The van der Waals surface area contributed by atoms with Gasteiger partial charge < -0.3 is 33.1 Å². The summed E-state index contributed by atoms with van der Waals surface area (Å²) in [6.45, 7) is 1.94. The number of nitrogens with zero attached hydrogens (tertiary/aromatic N) is 1. The molecule has 1 amide bonds. The van der Waals surface area contributed by atoms with E-state index < -0.39 is 18.4 Å². The van der Waals surface area contributed by atoms with Gasteiger partial charge in [-0.1, -0.05) is 6.07 Å². The molecule has 2 heterocycles. The summed E-state index contributed by atoms with van der Waals surface area (Å²) in [5.74, 6) is 0.555. The van der Waals surface area contributed by atoms with E-state index in [0.717, 1.165) is 5.56 Å². The molecule has 1 aliphatic rings. The van der Waals surface area contributed by atoms with E-state index in [0.29, 0.717) is 17.9 Å². The Bertz CT molecular complexity index is 855. The predicted octanol–water partition coefficient (Wildman–Crippen LogP) is 1.79. The zero-order valence-electron chi connectivity index (χ0n) is 14.6. The van der Waals surface area contributed by atoms with E-state index in [1.165, 1.54) is 4.90 Å². The molecule has 9 nitrogen and oxygen atoms in total. The molecule has 1 aromatic heterocycles. The Morgan fingerprint density at radius 3 is 2.73 bits per heavy atom. The highest BCUT2D eigenvalue weighted by atomic mass is 16.8. The number of aliphatic hydroxyl groups is 1. The zero-order valence-corrected chi connectivity index (χ0v) is 14.6. The topological polar surface area (TPSA) is 112 Å². The Morgan fingerprint density at radius 1 is 1.31 bits per heavy atom. The van der Waals surface area contributed by atoms with Gasteiger partial charge in [0.1, 0.15) is 0 Å². The second kappa shape index (κ2) is 7.12. The number of benzene rings is 1. The average molecular weight is 365 g/mol. The van der Waals surface area contributed by atoms with Gasteiger partial charge in [-0.15, -0.1) is 0 Å². The molecule has 1 N–H and O–H groups in total. The number of aliphatic hydroxyl groups excluding tert-OH is 1. The number of carbonyl (C=O) groups excluding carboxylic acids is 1. The molecule has 2 unspecified atom stereocenters. The molecule has 9 heteroatoms. The summed E-state index contributed by atoms with van der Waals surface area (Å²) < 4.78 is 24.8. The fraction of sp³-hybridized carbons (Fsp3) is 0.412. The molecule has 0 aliphatic carbocycles. The van der Waals surface area contributed by atoms with Gasteiger partial charge in [-0.3, -0.25) is 0 Å². The SMILES string of the molecule is Cc1oc(=O)oc1COC(=O)N(C)C(C)Cc1ccc2c(c1)OC(O)O2. The van der Waals surface area contributed by atoms with E-state index in [4.69, 9.17) is 23.0 Å². The van der Waals surface area contributed by atoms with Crippen LogP contribution in [-0.2, 0) is 17.8 Å². The van der Waals surface area contributed by atoms with Crippen molar-refractivity contribution < 1.29 is 32.9 Å². The molecule has 0 bridgehead atoms. The molecule has 2 aromatic rings. The van der Waals surface area contributed by atoms with Crippen molar-refractivity contribution in [3.05, 3.63) is 45.9 Å². The van der Waals surface area contributed by atoms with Crippen LogP contribution in [0.1, 0.15) is 24.0 Å². The first-order valence-corrected chi connectivity index (χ1v) is 7.97. The monoisotopic (exact) mass is 365 g/mol. The molecule has 1 aliphatic heterocycles. The van der Waals surface area contributed by atoms with Crippen LogP contribution in [0.5, 0.6) is 11.5 Å². The van der Waals surface area contributed by atoms with Crippen molar-refractivity contribution in [1.82, 2.24) is 4.90 Å². The minimum absolute atomic E-state index is 0.176. The molecule has 2 atom stereocenters. The van der Waals surface area contributed by atoms with Crippen LogP contribution in [0.2, 0.25) is 0 Å². The van der Waals surface area contributed by atoms with Crippen molar-refractivity contribution in [3.8, 4) is 11.5 Å². The van der Waals surface area contributed by atoms with Gasteiger partial charge in [-0.05, 0) is 38.0 Å². The predicted molar refractivity (Wildman–Crippen MR) is 86.8 cm³/mol. The summed E-state index contributed by atoms with van der Waals surface area (Å²) in [6.07, 6.45) is -0.0186. The Kier molecular flexibility index (Phi) is 4.90. The van der Waals surface area contributed by atoms with Gasteiger partial charge in [0, 0.05) is 13.1 Å². The van der Waals surface area contributed by atoms with Gasteiger partial charge >= 0.3 is 18.4 Å². The summed E-state index contributed by atoms with van der Waals surface area (Å²) in [5, 5.41) is 9.31. The Morgan fingerprint density at radius 2 is 2.04 bits per heavy atom. The van der Waals surface area contributed by atoms with Crippen LogP contribution in [0.4, 0.5) is 4.79 Å². The lowest BCUT2D eigenvalue weighted by molar-refractivity contribution is -0.133. The standard InChI is InChI=1S/C17H19NO8/c1-9(6-11-4-5-12-13(7-11)25-17(21)24-12)18(3)15(19)22-8-14-10(2)23-16(20)26-14/h4-5,7,9,17,21H,6,8H2,1-3H3. The van der Waals surface area contributed by atoms with Crippen molar-refractivity contribution in [2.45, 2.75) is 39.4 Å². The van der Waals surface area contributed by atoms with E-state index in [2.05, 4.69) is 0 Å². The number of amides is 1. The Hall–Kier alpha value is -2.94. The third-order valence-corrected chi connectivity index (χ3v) is 4.11. The van der Waals surface area contributed by atoms with Gasteiger partial charge in [-0.2, -0.15) is 0 Å².